The smallest absolute Gasteiger partial charge is 0.294 e. The molecule has 18 heavy (non-hydrogen) atoms. The monoisotopic (exact) mass is 270 g/mol. The summed E-state index contributed by atoms with van der Waals surface area (Å²) in [6, 6.07) is 4.58. The summed E-state index contributed by atoms with van der Waals surface area (Å²) in [5.41, 5.74) is -0.268. The van der Waals surface area contributed by atoms with Crippen LogP contribution in [-0.4, -0.2) is 28.7 Å². The second-order valence-electron chi connectivity index (χ2n) is 5.00. The van der Waals surface area contributed by atoms with Crippen molar-refractivity contribution in [3.05, 3.63) is 33.3 Å². The van der Waals surface area contributed by atoms with Gasteiger partial charge in [-0.2, -0.15) is 0 Å². The lowest BCUT2D eigenvalue weighted by atomic mass is 9.82. The highest BCUT2D eigenvalue weighted by Crippen LogP contribution is 2.38. The predicted octanol–water partition coefficient (Wildman–Crippen LogP) is 2.46. The molecule has 0 saturated carbocycles. The second kappa shape index (κ2) is 4.40. The van der Waals surface area contributed by atoms with Gasteiger partial charge >= 0.3 is 0 Å². The quantitative estimate of drug-likeness (QED) is 0.677. The van der Waals surface area contributed by atoms with Crippen molar-refractivity contribution in [2.24, 2.45) is 5.92 Å². The number of anilines is 1. The zero-order chi connectivity index (χ0) is 13.5. The molecular weight excluding hydrogens is 256 g/mol. The van der Waals surface area contributed by atoms with Gasteiger partial charge in [-0.05, 0) is 18.1 Å². The van der Waals surface area contributed by atoms with Crippen molar-refractivity contribution in [3.63, 3.8) is 0 Å². The number of halogens is 1. The summed E-state index contributed by atoms with van der Waals surface area (Å²) in [5.74, 6) is 0.125. The standard InChI is InChI=1S/C12H15ClN2O3/c1-8(2)12(16)6-14(7-12)10-4-3-9(13)5-11(10)15(17)18/h3-5,8,16H,6-7H2,1-2H3. The van der Waals surface area contributed by atoms with Gasteiger partial charge in [-0.25, -0.2) is 0 Å². The molecule has 1 aliphatic rings. The van der Waals surface area contributed by atoms with Gasteiger partial charge in [-0.1, -0.05) is 25.4 Å². The highest BCUT2D eigenvalue weighted by atomic mass is 35.5. The van der Waals surface area contributed by atoms with Crippen molar-refractivity contribution in [1.82, 2.24) is 0 Å². The van der Waals surface area contributed by atoms with Gasteiger partial charge in [-0.15, -0.1) is 0 Å². The number of benzene rings is 1. The SMILES string of the molecule is CC(C)C1(O)CN(c2ccc(Cl)cc2[N+](=O)[O-])C1. The van der Waals surface area contributed by atoms with Crippen LogP contribution in [0.3, 0.4) is 0 Å². The topological polar surface area (TPSA) is 66.6 Å². The second-order valence-corrected chi connectivity index (χ2v) is 5.44. The molecule has 0 bridgehead atoms. The van der Waals surface area contributed by atoms with Gasteiger partial charge in [0.15, 0.2) is 0 Å². The molecule has 1 N–H and O–H groups in total. The molecule has 1 saturated heterocycles. The van der Waals surface area contributed by atoms with Crippen LogP contribution in [0.5, 0.6) is 0 Å². The Kier molecular flexibility index (Phi) is 3.21. The number of hydrogen-bond acceptors (Lipinski definition) is 4. The zero-order valence-electron chi connectivity index (χ0n) is 10.3. The third-order valence-corrected chi connectivity index (χ3v) is 3.71. The van der Waals surface area contributed by atoms with Gasteiger partial charge in [0.1, 0.15) is 11.3 Å². The molecule has 6 heteroatoms. The van der Waals surface area contributed by atoms with Crippen LogP contribution in [0.1, 0.15) is 13.8 Å². The van der Waals surface area contributed by atoms with E-state index in [0.717, 1.165) is 0 Å². The van der Waals surface area contributed by atoms with Gasteiger partial charge in [0.25, 0.3) is 5.69 Å². The van der Waals surface area contributed by atoms with Crippen LogP contribution < -0.4 is 4.90 Å². The zero-order valence-corrected chi connectivity index (χ0v) is 11.0. The Morgan fingerprint density at radius 2 is 2.11 bits per heavy atom. The fourth-order valence-electron chi connectivity index (χ4n) is 2.06. The predicted molar refractivity (Wildman–Crippen MR) is 70.1 cm³/mol. The molecule has 1 aromatic rings. The maximum atomic E-state index is 11.0. The normalized spacial score (nSPS) is 17.7. The fourth-order valence-corrected chi connectivity index (χ4v) is 2.23. The lowest BCUT2D eigenvalue weighted by molar-refractivity contribution is -0.384. The van der Waals surface area contributed by atoms with Crippen LogP contribution in [0.25, 0.3) is 0 Å². The summed E-state index contributed by atoms with van der Waals surface area (Å²) >= 11 is 5.76. The Hall–Kier alpha value is -1.33. The molecule has 0 aliphatic carbocycles. The minimum atomic E-state index is -0.756. The van der Waals surface area contributed by atoms with Gasteiger partial charge in [0.2, 0.25) is 0 Å². The Labute approximate surface area is 110 Å². The van der Waals surface area contributed by atoms with E-state index in [1.165, 1.54) is 6.07 Å². The van der Waals surface area contributed by atoms with Crippen LogP contribution in [-0.2, 0) is 0 Å². The summed E-state index contributed by atoms with van der Waals surface area (Å²) in [7, 11) is 0. The lowest BCUT2D eigenvalue weighted by Gasteiger charge is -2.50. The molecule has 1 fully saturated rings. The lowest BCUT2D eigenvalue weighted by Crippen LogP contribution is -2.64. The van der Waals surface area contributed by atoms with Gasteiger partial charge in [0, 0.05) is 24.2 Å². The summed E-state index contributed by atoms with van der Waals surface area (Å²) < 4.78 is 0. The molecule has 0 radical (unpaired) electrons. The molecule has 5 nitrogen and oxygen atoms in total. The largest absolute Gasteiger partial charge is 0.386 e. The molecule has 1 aromatic carbocycles. The summed E-state index contributed by atoms with van der Waals surface area (Å²) in [6.07, 6.45) is 0. The van der Waals surface area contributed by atoms with Crippen LogP contribution in [0.2, 0.25) is 5.02 Å². The molecule has 98 valence electrons. The Balaban J connectivity index is 2.24. The van der Waals surface area contributed by atoms with Crippen molar-refractivity contribution >= 4 is 23.0 Å². The molecule has 0 unspecified atom stereocenters. The third-order valence-electron chi connectivity index (χ3n) is 3.48. The fraction of sp³-hybridized carbons (Fsp3) is 0.500. The number of rotatable bonds is 3. The minimum Gasteiger partial charge on any atom is -0.386 e. The molecule has 0 aromatic heterocycles. The van der Waals surface area contributed by atoms with Crippen molar-refractivity contribution < 1.29 is 10.0 Å². The van der Waals surface area contributed by atoms with E-state index in [0.29, 0.717) is 23.8 Å². The number of hydrogen-bond donors (Lipinski definition) is 1. The number of nitrogens with zero attached hydrogens (tertiary/aromatic N) is 2. The van der Waals surface area contributed by atoms with Crippen LogP contribution in [0.4, 0.5) is 11.4 Å². The van der Waals surface area contributed by atoms with E-state index in [4.69, 9.17) is 11.6 Å². The summed E-state index contributed by atoms with van der Waals surface area (Å²) in [6.45, 7) is 4.70. The average molecular weight is 271 g/mol. The highest BCUT2D eigenvalue weighted by molar-refractivity contribution is 6.30. The molecule has 0 atom stereocenters. The first-order chi connectivity index (χ1) is 8.33. The summed E-state index contributed by atoms with van der Waals surface area (Å²) in [5, 5.41) is 21.5. The van der Waals surface area contributed by atoms with Crippen molar-refractivity contribution in [2.75, 3.05) is 18.0 Å². The van der Waals surface area contributed by atoms with E-state index in [9.17, 15) is 15.2 Å². The van der Waals surface area contributed by atoms with Gasteiger partial charge in [0.05, 0.1) is 4.92 Å². The first-order valence-electron chi connectivity index (χ1n) is 5.75. The van der Waals surface area contributed by atoms with Crippen LogP contribution >= 0.6 is 11.6 Å². The Morgan fingerprint density at radius 1 is 1.50 bits per heavy atom. The van der Waals surface area contributed by atoms with Crippen LogP contribution in [0.15, 0.2) is 18.2 Å². The van der Waals surface area contributed by atoms with E-state index in [2.05, 4.69) is 0 Å². The van der Waals surface area contributed by atoms with Crippen LogP contribution in [0, 0.1) is 16.0 Å². The minimum absolute atomic E-state index is 0.0201. The van der Waals surface area contributed by atoms with Gasteiger partial charge in [-0.3, -0.25) is 10.1 Å². The molecule has 0 amide bonds. The molecule has 1 heterocycles. The Morgan fingerprint density at radius 3 is 2.61 bits per heavy atom. The van der Waals surface area contributed by atoms with Gasteiger partial charge < -0.3 is 10.0 Å². The molecule has 1 aliphatic heterocycles. The number of aliphatic hydroxyl groups is 1. The van der Waals surface area contributed by atoms with E-state index in [-0.39, 0.29) is 11.6 Å². The van der Waals surface area contributed by atoms with E-state index in [1.807, 2.05) is 13.8 Å². The van der Waals surface area contributed by atoms with Crippen molar-refractivity contribution in [3.8, 4) is 0 Å². The number of β-amino-alcohol motifs (C(OH)–C–C–N with tert-alkyl or cyclic N) is 1. The molecular formula is C12H15ClN2O3. The first kappa shape index (κ1) is 13.1. The highest BCUT2D eigenvalue weighted by Gasteiger charge is 2.45. The van der Waals surface area contributed by atoms with E-state index in [1.54, 1.807) is 17.0 Å². The molecule has 2 rings (SSSR count). The first-order valence-corrected chi connectivity index (χ1v) is 6.12. The van der Waals surface area contributed by atoms with Crippen molar-refractivity contribution in [2.45, 2.75) is 19.4 Å². The van der Waals surface area contributed by atoms with Crippen molar-refractivity contribution in [1.29, 1.82) is 0 Å². The average Bonchev–Trinajstić information content (AvgIpc) is 2.24. The summed E-state index contributed by atoms with van der Waals surface area (Å²) in [4.78, 5) is 12.3. The Bertz CT molecular complexity index is 484. The number of nitro benzene ring substituents is 1. The maximum Gasteiger partial charge on any atom is 0.294 e. The van der Waals surface area contributed by atoms with E-state index < -0.39 is 10.5 Å². The maximum absolute atomic E-state index is 11.0. The van der Waals surface area contributed by atoms with E-state index >= 15 is 0 Å². The number of nitro groups is 1. The third kappa shape index (κ3) is 2.15. The molecule has 0 spiro atoms.